The predicted molar refractivity (Wildman–Crippen MR) is 96.8 cm³/mol. The number of hydrogen-bond acceptors (Lipinski definition) is 6. The number of thioether (sulfide) groups is 1. The van der Waals surface area contributed by atoms with Crippen LogP contribution in [0.5, 0.6) is 0 Å². The Morgan fingerprint density at radius 2 is 2.00 bits per heavy atom. The number of nitrogens with zero attached hydrogens (tertiary/aromatic N) is 4. The van der Waals surface area contributed by atoms with E-state index in [2.05, 4.69) is 20.6 Å². The largest absolute Gasteiger partial charge is 0.411 e. The topological polar surface area (TPSA) is 85.8 Å². The van der Waals surface area contributed by atoms with Crippen LogP contribution >= 0.6 is 23.4 Å². The molecule has 2 heterocycles. The van der Waals surface area contributed by atoms with Crippen LogP contribution in [0.3, 0.4) is 0 Å². The number of carbonyl (C=O) groups excluding carboxylic acids is 1. The van der Waals surface area contributed by atoms with Gasteiger partial charge in [0.05, 0.1) is 22.8 Å². The molecule has 0 bridgehead atoms. The molecule has 0 fully saturated rings. The molecule has 130 valence electrons. The van der Waals surface area contributed by atoms with Crippen LogP contribution < -0.4 is 5.32 Å². The van der Waals surface area contributed by atoms with Gasteiger partial charge in [-0.1, -0.05) is 23.4 Å². The number of aryl methyl sites for hydroxylation is 2. The SMILES string of the molecule is Cc1nn(C)c(C)c1NC(=O)CSc1nnc(-c2ccc(Cl)cc2)o1. The average molecular weight is 378 g/mol. The number of hydrogen-bond donors (Lipinski definition) is 1. The van der Waals surface area contributed by atoms with Gasteiger partial charge < -0.3 is 9.73 Å². The van der Waals surface area contributed by atoms with Gasteiger partial charge in [-0.05, 0) is 38.1 Å². The fraction of sp³-hybridized carbons (Fsp3) is 0.250. The van der Waals surface area contributed by atoms with Crippen molar-refractivity contribution < 1.29 is 9.21 Å². The van der Waals surface area contributed by atoms with E-state index in [4.69, 9.17) is 16.0 Å². The lowest BCUT2D eigenvalue weighted by Gasteiger charge is -2.04. The maximum Gasteiger partial charge on any atom is 0.277 e. The van der Waals surface area contributed by atoms with Crippen LogP contribution in [0.2, 0.25) is 5.02 Å². The monoisotopic (exact) mass is 377 g/mol. The van der Waals surface area contributed by atoms with Crippen LogP contribution in [0.4, 0.5) is 5.69 Å². The van der Waals surface area contributed by atoms with Crippen molar-refractivity contribution in [1.29, 1.82) is 0 Å². The summed E-state index contributed by atoms with van der Waals surface area (Å²) < 4.78 is 7.29. The fourth-order valence-electron chi connectivity index (χ4n) is 2.23. The molecule has 1 amide bonds. The molecule has 0 unspecified atom stereocenters. The molecule has 0 aliphatic carbocycles. The fourth-order valence-corrected chi connectivity index (χ4v) is 2.92. The van der Waals surface area contributed by atoms with Gasteiger partial charge in [-0.3, -0.25) is 9.48 Å². The molecule has 7 nitrogen and oxygen atoms in total. The van der Waals surface area contributed by atoms with Gasteiger partial charge >= 0.3 is 0 Å². The zero-order valence-electron chi connectivity index (χ0n) is 13.9. The normalized spacial score (nSPS) is 10.9. The summed E-state index contributed by atoms with van der Waals surface area (Å²) in [6, 6.07) is 7.09. The molecule has 0 saturated carbocycles. The molecule has 1 N–H and O–H groups in total. The number of benzene rings is 1. The molecule has 0 aliphatic rings. The lowest BCUT2D eigenvalue weighted by molar-refractivity contribution is -0.113. The summed E-state index contributed by atoms with van der Waals surface area (Å²) in [5, 5.41) is 16.0. The summed E-state index contributed by atoms with van der Waals surface area (Å²) in [4.78, 5) is 12.1. The van der Waals surface area contributed by atoms with Crippen molar-refractivity contribution >= 4 is 35.0 Å². The molecule has 1 aromatic carbocycles. The Morgan fingerprint density at radius 3 is 2.64 bits per heavy atom. The third-order valence-corrected chi connectivity index (χ3v) is 4.67. The Balaban J connectivity index is 1.60. The van der Waals surface area contributed by atoms with Crippen LogP contribution in [-0.4, -0.2) is 31.6 Å². The van der Waals surface area contributed by atoms with Crippen molar-refractivity contribution in [2.24, 2.45) is 7.05 Å². The molecule has 2 aromatic heterocycles. The molecule has 3 rings (SSSR count). The van der Waals surface area contributed by atoms with Crippen molar-refractivity contribution in [3.05, 3.63) is 40.7 Å². The average Bonchev–Trinajstić information content (AvgIpc) is 3.14. The van der Waals surface area contributed by atoms with Gasteiger partial charge in [0.15, 0.2) is 0 Å². The molecule has 25 heavy (non-hydrogen) atoms. The van der Waals surface area contributed by atoms with E-state index in [-0.39, 0.29) is 11.7 Å². The highest BCUT2D eigenvalue weighted by Gasteiger charge is 2.15. The highest BCUT2D eigenvalue weighted by atomic mass is 35.5. The standard InChI is InChI=1S/C16H16ClN5O2S/c1-9-14(10(2)22(3)21-9)18-13(23)8-25-16-20-19-15(24-16)11-4-6-12(17)7-5-11/h4-7H,8H2,1-3H3,(H,18,23). The number of rotatable bonds is 5. The lowest BCUT2D eigenvalue weighted by atomic mass is 10.2. The van der Waals surface area contributed by atoms with Crippen LogP contribution in [-0.2, 0) is 11.8 Å². The van der Waals surface area contributed by atoms with Crippen LogP contribution in [0.25, 0.3) is 11.5 Å². The third kappa shape index (κ3) is 4.02. The van der Waals surface area contributed by atoms with E-state index in [9.17, 15) is 4.79 Å². The maximum atomic E-state index is 12.1. The van der Waals surface area contributed by atoms with Crippen LogP contribution in [0.15, 0.2) is 33.9 Å². The Kier molecular flexibility index (Phi) is 5.10. The summed E-state index contributed by atoms with van der Waals surface area (Å²) >= 11 is 7.04. The van der Waals surface area contributed by atoms with Gasteiger partial charge in [-0.2, -0.15) is 5.10 Å². The molecule has 0 spiro atoms. The summed E-state index contributed by atoms with van der Waals surface area (Å²) in [6.45, 7) is 3.76. The smallest absolute Gasteiger partial charge is 0.277 e. The second kappa shape index (κ2) is 7.28. The van der Waals surface area contributed by atoms with Gasteiger partial charge in [0.25, 0.3) is 5.22 Å². The van der Waals surface area contributed by atoms with Gasteiger partial charge in [-0.25, -0.2) is 0 Å². The first-order chi connectivity index (χ1) is 11.9. The van der Waals surface area contributed by atoms with Crippen molar-refractivity contribution in [2.75, 3.05) is 11.1 Å². The molecular formula is C16H16ClN5O2S. The first-order valence-corrected chi connectivity index (χ1v) is 8.82. The minimum atomic E-state index is -0.157. The van der Waals surface area contributed by atoms with E-state index in [1.165, 1.54) is 11.8 Å². The van der Waals surface area contributed by atoms with Gasteiger partial charge in [0.1, 0.15) is 0 Å². The Labute approximate surface area is 153 Å². The summed E-state index contributed by atoms with van der Waals surface area (Å²) in [6.07, 6.45) is 0. The van der Waals surface area contributed by atoms with Crippen molar-refractivity contribution in [2.45, 2.75) is 19.1 Å². The van der Waals surface area contributed by atoms with Crippen LogP contribution in [0, 0.1) is 13.8 Å². The number of aromatic nitrogens is 4. The summed E-state index contributed by atoms with van der Waals surface area (Å²) in [7, 11) is 1.84. The first kappa shape index (κ1) is 17.5. The molecule has 3 aromatic rings. The molecule has 0 atom stereocenters. The summed E-state index contributed by atoms with van der Waals surface area (Å²) in [5.74, 6) is 0.393. The van der Waals surface area contributed by atoms with Gasteiger partial charge in [-0.15, -0.1) is 10.2 Å². The number of anilines is 1. The Hall–Kier alpha value is -2.32. The molecule has 0 radical (unpaired) electrons. The zero-order chi connectivity index (χ0) is 18.0. The van der Waals surface area contributed by atoms with E-state index in [0.717, 1.165) is 22.6 Å². The third-order valence-electron chi connectivity index (χ3n) is 3.60. The van der Waals surface area contributed by atoms with E-state index < -0.39 is 0 Å². The quantitative estimate of drug-likeness (QED) is 0.685. The molecule has 0 aliphatic heterocycles. The zero-order valence-corrected chi connectivity index (χ0v) is 15.5. The van der Waals surface area contributed by atoms with E-state index in [1.54, 1.807) is 28.9 Å². The molecular weight excluding hydrogens is 362 g/mol. The van der Waals surface area contributed by atoms with Crippen molar-refractivity contribution in [3.8, 4) is 11.5 Å². The van der Waals surface area contributed by atoms with Gasteiger partial charge in [0.2, 0.25) is 11.8 Å². The van der Waals surface area contributed by atoms with Gasteiger partial charge in [0, 0.05) is 17.6 Å². The number of halogens is 1. The second-order valence-corrected chi connectivity index (χ2v) is 6.75. The predicted octanol–water partition coefficient (Wildman–Crippen LogP) is 3.47. The second-order valence-electron chi connectivity index (χ2n) is 5.39. The first-order valence-electron chi connectivity index (χ1n) is 7.46. The lowest BCUT2D eigenvalue weighted by Crippen LogP contribution is -2.15. The van der Waals surface area contributed by atoms with E-state index >= 15 is 0 Å². The van der Waals surface area contributed by atoms with Crippen molar-refractivity contribution in [3.63, 3.8) is 0 Å². The van der Waals surface area contributed by atoms with Crippen LogP contribution in [0.1, 0.15) is 11.4 Å². The van der Waals surface area contributed by atoms with E-state index in [0.29, 0.717) is 16.1 Å². The minimum absolute atomic E-state index is 0.157. The Morgan fingerprint density at radius 1 is 1.28 bits per heavy atom. The summed E-state index contributed by atoms with van der Waals surface area (Å²) in [5.41, 5.74) is 3.19. The molecule has 0 saturated heterocycles. The molecule has 9 heteroatoms. The number of nitrogens with one attached hydrogen (secondary N) is 1. The number of carbonyl (C=O) groups is 1. The Bertz CT molecular complexity index is 904. The highest BCUT2D eigenvalue weighted by Crippen LogP contribution is 2.25. The minimum Gasteiger partial charge on any atom is -0.411 e. The van der Waals surface area contributed by atoms with Crippen molar-refractivity contribution in [1.82, 2.24) is 20.0 Å². The number of amides is 1. The maximum absolute atomic E-state index is 12.1. The van der Waals surface area contributed by atoms with E-state index in [1.807, 2.05) is 20.9 Å². The highest BCUT2D eigenvalue weighted by molar-refractivity contribution is 7.99.